The Labute approximate surface area is 257 Å². The Kier molecular flexibility index (Phi) is 10.8. The number of carbonyl (C=O) groups is 2. The van der Waals surface area contributed by atoms with E-state index in [-0.39, 0.29) is 24.7 Å². The number of aromatic nitrogens is 3. The minimum Gasteiger partial charge on any atom is -0.483 e. The first-order chi connectivity index (χ1) is 21.1. The third-order valence-electron chi connectivity index (χ3n) is 7.80. The molecule has 1 aliphatic heterocycles. The number of aryl methyl sites for hydroxylation is 3. The molecule has 0 spiro atoms. The molecule has 13 heteroatoms. The third-order valence-corrected chi connectivity index (χ3v) is 9.55. The number of rotatable bonds is 11. The monoisotopic (exact) mass is 624 g/mol. The molecule has 2 aromatic heterocycles. The Balaban J connectivity index is 0.00000141. The summed E-state index contributed by atoms with van der Waals surface area (Å²) in [4.78, 5) is 22.1. The maximum Gasteiger partial charge on any atom is 0.290 e. The van der Waals surface area contributed by atoms with Crippen LogP contribution in [0.3, 0.4) is 0 Å². The molecular weight excluding hydrogens is 584 g/mol. The van der Waals surface area contributed by atoms with Crippen molar-refractivity contribution in [2.45, 2.75) is 58.5 Å². The summed E-state index contributed by atoms with van der Waals surface area (Å²) in [5, 5.41) is 29.6. The lowest BCUT2D eigenvalue weighted by Gasteiger charge is -2.25. The molecule has 0 radical (unpaired) electrons. The van der Waals surface area contributed by atoms with Gasteiger partial charge in [-0.05, 0) is 49.9 Å². The molecule has 236 valence electrons. The van der Waals surface area contributed by atoms with E-state index in [1.807, 2.05) is 67.3 Å². The van der Waals surface area contributed by atoms with Crippen LogP contribution in [0.25, 0.3) is 10.9 Å². The fourth-order valence-electron chi connectivity index (χ4n) is 5.43. The highest BCUT2D eigenvalue weighted by atomic mass is 32.2. The first kappa shape index (κ1) is 32.7. The van der Waals surface area contributed by atoms with Crippen LogP contribution in [0, 0.1) is 0 Å². The van der Waals surface area contributed by atoms with Gasteiger partial charge >= 0.3 is 0 Å². The minimum atomic E-state index is -3.52. The number of aliphatic hydroxyl groups excluding tert-OH is 1. The van der Waals surface area contributed by atoms with Crippen LogP contribution in [0.2, 0.25) is 0 Å². The van der Waals surface area contributed by atoms with Gasteiger partial charge in [0.2, 0.25) is 10.0 Å². The van der Waals surface area contributed by atoms with Gasteiger partial charge in [-0.2, -0.15) is 5.10 Å². The van der Waals surface area contributed by atoms with E-state index >= 15 is 0 Å². The van der Waals surface area contributed by atoms with Crippen molar-refractivity contribution < 1.29 is 28.2 Å². The largest absolute Gasteiger partial charge is 0.483 e. The number of benzene rings is 2. The average Bonchev–Trinajstić information content (AvgIpc) is 3.61. The van der Waals surface area contributed by atoms with Crippen molar-refractivity contribution in [3.63, 3.8) is 0 Å². The summed E-state index contributed by atoms with van der Waals surface area (Å²) < 4.78 is 31.0. The van der Waals surface area contributed by atoms with Crippen LogP contribution in [0.1, 0.15) is 40.9 Å². The second-order valence-electron chi connectivity index (χ2n) is 10.6. The quantitative estimate of drug-likeness (QED) is 0.185. The number of carboxylic acid groups (broad SMARTS) is 1. The number of hydrogen-bond donors (Lipinski definition) is 4. The molecule has 4 N–H and O–H groups in total. The van der Waals surface area contributed by atoms with Gasteiger partial charge in [-0.15, -0.1) is 0 Å². The molecule has 0 unspecified atom stereocenters. The van der Waals surface area contributed by atoms with Crippen molar-refractivity contribution in [1.82, 2.24) is 25.0 Å². The smallest absolute Gasteiger partial charge is 0.290 e. The van der Waals surface area contributed by atoms with Gasteiger partial charge in [0.15, 0.2) is 0 Å². The van der Waals surface area contributed by atoms with E-state index in [0.29, 0.717) is 37.2 Å². The summed E-state index contributed by atoms with van der Waals surface area (Å²) >= 11 is 0. The zero-order chi connectivity index (χ0) is 31.9. The topological polar surface area (TPSA) is 159 Å². The van der Waals surface area contributed by atoms with Crippen molar-refractivity contribution in [3.8, 4) is 0 Å². The Morgan fingerprint density at radius 3 is 2.50 bits per heavy atom. The fourth-order valence-corrected chi connectivity index (χ4v) is 6.62. The van der Waals surface area contributed by atoms with E-state index < -0.39 is 22.2 Å². The van der Waals surface area contributed by atoms with Gasteiger partial charge < -0.3 is 25.4 Å². The minimum absolute atomic E-state index is 0.0140. The summed E-state index contributed by atoms with van der Waals surface area (Å²) in [5.41, 5.74) is 4.63. The zero-order valence-electron chi connectivity index (χ0n) is 25.2. The van der Waals surface area contributed by atoms with E-state index in [0.717, 1.165) is 34.1 Å². The molecule has 0 bridgehead atoms. The highest BCUT2D eigenvalue weighted by molar-refractivity contribution is 7.92. The van der Waals surface area contributed by atoms with Gasteiger partial charge in [-0.3, -0.25) is 18.6 Å². The molecule has 2 aromatic carbocycles. The highest BCUT2D eigenvalue weighted by Gasteiger charge is 2.29. The van der Waals surface area contributed by atoms with Crippen LogP contribution in [0.4, 0.5) is 5.69 Å². The summed E-state index contributed by atoms with van der Waals surface area (Å²) in [6, 6.07) is 12.6. The van der Waals surface area contributed by atoms with Crippen molar-refractivity contribution in [2.75, 3.05) is 23.7 Å². The summed E-state index contributed by atoms with van der Waals surface area (Å²) in [7, 11) is -1.97. The van der Waals surface area contributed by atoms with Crippen LogP contribution >= 0.6 is 0 Å². The van der Waals surface area contributed by atoms with E-state index in [1.165, 1.54) is 4.31 Å². The van der Waals surface area contributed by atoms with Gasteiger partial charge in [0.1, 0.15) is 0 Å². The molecule has 12 nitrogen and oxygen atoms in total. The number of hydrogen-bond acceptors (Lipinski definition) is 7. The van der Waals surface area contributed by atoms with Crippen LogP contribution in [-0.4, -0.2) is 76.8 Å². The zero-order valence-corrected chi connectivity index (χ0v) is 26.0. The standard InChI is InChI=1S/C30H38N6O4S.CH2O2/c1-4-35-20-23-11-12-41(39,40)34(3)26-14-24(15-27(35)29(23)26)30(38)33-25(13-21-9-7-6-8-10-21)28(37)18-31-16-22-17-32-36(5-2)19-22;2-1-3/h6-10,14-15,17,19-20,25,28,31,37H,4-5,11-13,16,18H2,1-3H3,(H,33,38);1H,(H,2,3)/t25-,28+;/m0./s1. The molecule has 3 heterocycles. The summed E-state index contributed by atoms with van der Waals surface area (Å²) in [6.45, 7) is 6.08. The molecule has 4 aromatic rings. The normalized spacial score (nSPS) is 15.1. The number of sulfonamides is 1. The van der Waals surface area contributed by atoms with E-state index in [2.05, 4.69) is 20.3 Å². The Bertz CT molecular complexity index is 1680. The predicted molar refractivity (Wildman–Crippen MR) is 169 cm³/mol. The molecular formula is C31H40N6O6S. The molecule has 0 fully saturated rings. The van der Waals surface area contributed by atoms with Crippen LogP contribution in [-0.2, 0) is 47.3 Å². The van der Waals surface area contributed by atoms with Crippen LogP contribution in [0.5, 0.6) is 0 Å². The Hall–Kier alpha value is -4.20. The lowest BCUT2D eigenvalue weighted by atomic mass is 10.00. The number of carbonyl (C=O) groups excluding carboxylic acids is 1. The molecule has 1 amide bonds. The SMILES string of the molecule is CCn1cc(CNC[C@@H](O)[C@H](Cc2ccccc2)NC(=O)c2cc3c4c(cn(CC)c4c2)CCS(=O)(=O)N3C)cn1.O=CO. The molecule has 5 rings (SSSR count). The van der Waals surface area contributed by atoms with Crippen LogP contribution in [0.15, 0.2) is 61.1 Å². The van der Waals surface area contributed by atoms with E-state index in [1.54, 1.807) is 19.3 Å². The first-order valence-corrected chi connectivity index (χ1v) is 16.2. The summed E-state index contributed by atoms with van der Waals surface area (Å²) in [5.74, 6) is -0.354. The molecule has 0 aliphatic carbocycles. The predicted octanol–water partition coefficient (Wildman–Crippen LogP) is 2.39. The number of anilines is 1. The van der Waals surface area contributed by atoms with E-state index in [4.69, 9.17) is 9.90 Å². The maximum absolute atomic E-state index is 13.7. The van der Waals surface area contributed by atoms with Crippen LogP contribution < -0.4 is 14.9 Å². The number of aliphatic hydroxyl groups is 1. The number of nitrogens with zero attached hydrogens (tertiary/aromatic N) is 4. The van der Waals surface area contributed by atoms with Gasteiger partial charge in [0, 0.05) is 62.1 Å². The maximum atomic E-state index is 13.7. The summed E-state index contributed by atoms with van der Waals surface area (Å²) in [6.07, 6.45) is 5.73. The molecule has 2 atom stereocenters. The lowest BCUT2D eigenvalue weighted by molar-refractivity contribution is -0.122. The average molecular weight is 625 g/mol. The molecule has 1 aliphatic rings. The first-order valence-electron chi connectivity index (χ1n) is 14.6. The van der Waals surface area contributed by atoms with Gasteiger partial charge in [-0.1, -0.05) is 30.3 Å². The number of amides is 1. The highest BCUT2D eigenvalue weighted by Crippen LogP contribution is 2.37. The van der Waals surface area contributed by atoms with Crippen molar-refractivity contribution in [1.29, 1.82) is 0 Å². The Morgan fingerprint density at radius 1 is 1.11 bits per heavy atom. The second-order valence-corrected chi connectivity index (χ2v) is 12.8. The molecule has 0 saturated heterocycles. The second kappa shape index (κ2) is 14.5. The lowest BCUT2D eigenvalue weighted by Crippen LogP contribution is -2.48. The molecule has 0 saturated carbocycles. The van der Waals surface area contributed by atoms with Crippen molar-refractivity contribution in [3.05, 3.63) is 83.3 Å². The van der Waals surface area contributed by atoms with Gasteiger partial charge in [0.25, 0.3) is 12.4 Å². The number of nitrogens with one attached hydrogen (secondary N) is 2. The van der Waals surface area contributed by atoms with E-state index in [9.17, 15) is 18.3 Å². The van der Waals surface area contributed by atoms with Crippen molar-refractivity contribution in [2.24, 2.45) is 0 Å². The van der Waals surface area contributed by atoms with Gasteiger partial charge in [-0.25, -0.2) is 8.42 Å². The fraction of sp³-hybridized carbons (Fsp3) is 0.387. The Morgan fingerprint density at radius 2 is 1.84 bits per heavy atom. The van der Waals surface area contributed by atoms with Crippen molar-refractivity contribution >= 4 is 39.0 Å². The molecule has 44 heavy (non-hydrogen) atoms. The third kappa shape index (κ3) is 7.47. The van der Waals surface area contributed by atoms with Gasteiger partial charge in [0.05, 0.1) is 35.3 Å².